The number of benzene rings is 1. The number of furan rings is 1. The van der Waals surface area contributed by atoms with E-state index in [4.69, 9.17) is 20.8 Å². The molecule has 0 bridgehead atoms. The van der Waals surface area contributed by atoms with Crippen molar-refractivity contribution in [3.63, 3.8) is 0 Å². The van der Waals surface area contributed by atoms with Crippen LogP contribution in [0, 0.1) is 0 Å². The standard InChI is InChI=1S/C13H14ClNO3/c1-13(2,3)18-12(16)15-10-9(14)5-4-8-6-7-17-11(8)10/h4-7H,1-3H3,(H,15,16). The summed E-state index contributed by atoms with van der Waals surface area (Å²) in [5.74, 6) is 0. The van der Waals surface area contributed by atoms with Crippen LogP contribution in [0.4, 0.5) is 10.5 Å². The minimum atomic E-state index is -0.562. The molecule has 0 atom stereocenters. The third-order valence-electron chi connectivity index (χ3n) is 2.20. The van der Waals surface area contributed by atoms with E-state index in [9.17, 15) is 4.79 Å². The quantitative estimate of drug-likeness (QED) is 0.831. The minimum Gasteiger partial charge on any atom is -0.462 e. The normalized spacial score (nSPS) is 11.6. The number of hydrogen-bond acceptors (Lipinski definition) is 3. The fourth-order valence-corrected chi connectivity index (χ4v) is 1.73. The molecule has 0 aliphatic rings. The molecule has 0 aliphatic carbocycles. The number of fused-ring (bicyclic) bond motifs is 1. The second-order valence-corrected chi connectivity index (χ2v) is 5.30. The Morgan fingerprint density at radius 1 is 1.33 bits per heavy atom. The lowest BCUT2D eigenvalue weighted by molar-refractivity contribution is 0.0636. The highest BCUT2D eigenvalue weighted by Crippen LogP contribution is 2.32. The number of carbonyl (C=O) groups excluding carboxylic acids is 1. The topological polar surface area (TPSA) is 51.5 Å². The van der Waals surface area contributed by atoms with Gasteiger partial charge in [0.05, 0.1) is 11.3 Å². The monoisotopic (exact) mass is 267 g/mol. The first-order valence-electron chi connectivity index (χ1n) is 5.52. The Bertz CT molecular complexity index is 583. The molecule has 0 fully saturated rings. The number of rotatable bonds is 1. The summed E-state index contributed by atoms with van der Waals surface area (Å²) in [6, 6.07) is 5.32. The van der Waals surface area contributed by atoms with Crippen LogP contribution >= 0.6 is 11.6 Å². The molecule has 1 amide bonds. The Morgan fingerprint density at radius 3 is 2.72 bits per heavy atom. The summed E-state index contributed by atoms with van der Waals surface area (Å²) in [6.07, 6.45) is 0.981. The van der Waals surface area contributed by atoms with Gasteiger partial charge in [-0.1, -0.05) is 11.6 Å². The Morgan fingerprint density at radius 2 is 2.06 bits per heavy atom. The minimum absolute atomic E-state index is 0.406. The average molecular weight is 268 g/mol. The lowest BCUT2D eigenvalue weighted by atomic mass is 10.2. The van der Waals surface area contributed by atoms with Crippen molar-refractivity contribution in [3.05, 3.63) is 29.5 Å². The van der Waals surface area contributed by atoms with Gasteiger partial charge in [0, 0.05) is 5.39 Å². The number of halogens is 1. The Kier molecular flexibility index (Phi) is 3.22. The second-order valence-electron chi connectivity index (χ2n) is 4.89. The molecular weight excluding hydrogens is 254 g/mol. The van der Waals surface area contributed by atoms with Crippen LogP contribution in [0.2, 0.25) is 5.02 Å². The molecule has 18 heavy (non-hydrogen) atoms. The predicted molar refractivity (Wildman–Crippen MR) is 71.1 cm³/mol. The van der Waals surface area contributed by atoms with Gasteiger partial charge in [0.1, 0.15) is 11.3 Å². The van der Waals surface area contributed by atoms with Crippen LogP contribution in [0.5, 0.6) is 0 Å². The Labute approximate surface area is 110 Å². The van der Waals surface area contributed by atoms with Gasteiger partial charge in [-0.25, -0.2) is 4.79 Å². The van der Waals surface area contributed by atoms with Gasteiger partial charge in [-0.05, 0) is 39.0 Å². The average Bonchev–Trinajstić information content (AvgIpc) is 2.67. The maximum absolute atomic E-state index is 11.7. The summed E-state index contributed by atoms with van der Waals surface area (Å²) in [6.45, 7) is 5.38. The molecule has 4 nitrogen and oxygen atoms in total. The second kappa shape index (κ2) is 4.53. The maximum Gasteiger partial charge on any atom is 0.412 e. The van der Waals surface area contributed by atoms with Gasteiger partial charge >= 0.3 is 6.09 Å². The molecule has 1 aromatic heterocycles. The van der Waals surface area contributed by atoms with Crippen LogP contribution in [0.3, 0.4) is 0 Å². The van der Waals surface area contributed by atoms with E-state index in [1.807, 2.05) is 6.07 Å². The van der Waals surface area contributed by atoms with E-state index in [2.05, 4.69) is 5.32 Å². The molecular formula is C13H14ClNO3. The molecule has 5 heteroatoms. The molecule has 2 rings (SSSR count). The van der Waals surface area contributed by atoms with Gasteiger partial charge in [0.15, 0.2) is 5.58 Å². The van der Waals surface area contributed by atoms with Crippen molar-refractivity contribution < 1.29 is 13.9 Å². The van der Waals surface area contributed by atoms with Crippen LogP contribution < -0.4 is 5.32 Å². The van der Waals surface area contributed by atoms with Gasteiger partial charge in [0.2, 0.25) is 0 Å². The fourth-order valence-electron chi connectivity index (χ4n) is 1.53. The number of carbonyl (C=O) groups is 1. The van der Waals surface area contributed by atoms with Crippen LogP contribution in [-0.4, -0.2) is 11.7 Å². The molecule has 0 saturated heterocycles. The summed E-state index contributed by atoms with van der Waals surface area (Å²) in [5, 5.41) is 3.88. The van der Waals surface area contributed by atoms with E-state index in [1.165, 1.54) is 0 Å². The van der Waals surface area contributed by atoms with Crippen LogP contribution in [-0.2, 0) is 4.74 Å². The van der Waals surface area contributed by atoms with Crippen molar-refractivity contribution in [1.82, 2.24) is 0 Å². The molecule has 96 valence electrons. The molecule has 0 radical (unpaired) electrons. The molecule has 1 N–H and O–H groups in total. The van der Waals surface area contributed by atoms with E-state index in [0.717, 1.165) is 5.39 Å². The van der Waals surface area contributed by atoms with Gasteiger partial charge in [0.25, 0.3) is 0 Å². The molecule has 0 aliphatic heterocycles. The highest BCUT2D eigenvalue weighted by molar-refractivity contribution is 6.35. The summed E-state index contributed by atoms with van der Waals surface area (Å²) >= 11 is 6.05. The van der Waals surface area contributed by atoms with Crippen LogP contribution in [0.25, 0.3) is 11.0 Å². The first-order valence-corrected chi connectivity index (χ1v) is 5.90. The van der Waals surface area contributed by atoms with Crippen molar-refractivity contribution >= 4 is 34.4 Å². The molecule has 1 aromatic carbocycles. The number of hydrogen-bond donors (Lipinski definition) is 1. The van der Waals surface area contributed by atoms with Crippen molar-refractivity contribution in [2.75, 3.05) is 5.32 Å². The molecule has 0 saturated carbocycles. The predicted octanol–water partition coefficient (Wildman–Crippen LogP) is 4.43. The third-order valence-corrected chi connectivity index (χ3v) is 2.51. The van der Waals surface area contributed by atoms with Crippen molar-refractivity contribution in [1.29, 1.82) is 0 Å². The Balaban J connectivity index is 2.28. The fraction of sp³-hybridized carbons (Fsp3) is 0.308. The summed E-state index contributed by atoms with van der Waals surface area (Å²) in [4.78, 5) is 11.7. The van der Waals surface area contributed by atoms with Gasteiger partial charge in [-0.3, -0.25) is 5.32 Å². The first kappa shape index (κ1) is 12.8. The van der Waals surface area contributed by atoms with E-state index < -0.39 is 11.7 Å². The smallest absolute Gasteiger partial charge is 0.412 e. The zero-order chi connectivity index (χ0) is 13.3. The summed E-state index contributed by atoms with van der Waals surface area (Å²) in [7, 11) is 0. The number of nitrogens with one attached hydrogen (secondary N) is 1. The van der Waals surface area contributed by atoms with Gasteiger partial charge in [-0.15, -0.1) is 0 Å². The van der Waals surface area contributed by atoms with Crippen molar-refractivity contribution in [3.8, 4) is 0 Å². The lowest BCUT2D eigenvalue weighted by Gasteiger charge is -2.20. The first-order chi connectivity index (χ1) is 8.37. The van der Waals surface area contributed by atoms with Gasteiger partial charge in [-0.2, -0.15) is 0 Å². The molecule has 0 spiro atoms. The lowest BCUT2D eigenvalue weighted by Crippen LogP contribution is -2.27. The number of anilines is 1. The largest absolute Gasteiger partial charge is 0.462 e. The van der Waals surface area contributed by atoms with E-state index in [-0.39, 0.29) is 0 Å². The zero-order valence-electron chi connectivity index (χ0n) is 10.4. The Hall–Kier alpha value is -1.68. The molecule has 2 aromatic rings. The van der Waals surface area contributed by atoms with Gasteiger partial charge < -0.3 is 9.15 Å². The van der Waals surface area contributed by atoms with Crippen LogP contribution in [0.1, 0.15) is 20.8 Å². The van der Waals surface area contributed by atoms with Crippen LogP contribution in [0.15, 0.2) is 28.9 Å². The van der Waals surface area contributed by atoms with E-state index in [0.29, 0.717) is 16.3 Å². The highest BCUT2D eigenvalue weighted by atomic mass is 35.5. The van der Waals surface area contributed by atoms with Crippen molar-refractivity contribution in [2.45, 2.75) is 26.4 Å². The zero-order valence-corrected chi connectivity index (χ0v) is 11.2. The van der Waals surface area contributed by atoms with Crippen molar-refractivity contribution in [2.24, 2.45) is 0 Å². The number of ether oxygens (including phenoxy) is 1. The highest BCUT2D eigenvalue weighted by Gasteiger charge is 2.19. The van der Waals surface area contributed by atoms with E-state index in [1.54, 1.807) is 39.2 Å². The molecule has 0 unspecified atom stereocenters. The maximum atomic E-state index is 11.7. The molecule has 1 heterocycles. The SMILES string of the molecule is CC(C)(C)OC(=O)Nc1c(Cl)ccc2ccoc12. The third kappa shape index (κ3) is 2.76. The van der Waals surface area contributed by atoms with E-state index >= 15 is 0 Å². The summed E-state index contributed by atoms with van der Waals surface area (Å²) < 4.78 is 10.5. The summed E-state index contributed by atoms with van der Waals surface area (Å²) in [5.41, 5.74) is 0.398. The number of amides is 1.